The normalized spacial score (nSPS) is 16.2. The van der Waals surface area contributed by atoms with Gasteiger partial charge in [0.2, 0.25) is 0 Å². The van der Waals surface area contributed by atoms with Crippen molar-refractivity contribution in [2.75, 3.05) is 19.0 Å². The molecule has 4 heterocycles. The molecule has 1 saturated heterocycles. The molecule has 0 spiro atoms. The molecule has 2 N–H and O–H groups in total. The molecule has 13 nitrogen and oxygen atoms in total. The Balaban J connectivity index is 0.985. The Bertz CT molecular complexity index is 2780. The Kier molecular flexibility index (Phi) is 13.2. The van der Waals surface area contributed by atoms with Crippen LogP contribution in [0.4, 0.5) is 5.13 Å². The van der Waals surface area contributed by atoms with Crippen molar-refractivity contribution in [2.24, 2.45) is 5.16 Å². The van der Waals surface area contributed by atoms with Crippen molar-refractivity contribution < 1.29 is 28.7 Å². The van der Waals surface area contributed by atoms with Crippen LogP contribution in [0.2, 0.25) is 0 Å². The molecule has 7 aromatic rings. The minimum Gasteiger partial charge on any atom is -0.448 e. The molecule has 0 bridgehead atoms. The van der Waals surface area contributed by atoms with Crippen molar-refractivity contribution in [3.05, 3.63) is 218 Å². The number of anilines is 1. The summed E-state index contributed by atoms with van der Waals surface area (Å²) >= 11 is 4.04. The number of amides is 2. The topological polar surface area (TPSA) is 157 Å². The fraction of sp³-hybridized carbons (Fsp3) is 0.140. The lowest BCUT2D eigenvalue weighted by Crippen LogP contribution is -2.73. The second-order valence-electron chi connectivity index (χ2n) is 15.0. The molecule has 16 heteroatoms. The molecule has 1 fully saturated rings. The Labute approximate surface area is 392 Å². The van der Waals surface area contributed by atoms with Gasteiger partial charge in [0.15, 0.2) is 33.6 Å². The van der Waals surface area contributed by atoms with Crippen molar-refractivity contribution in [1.29, 1.82) is 0 Å². The van der Waals surface area contributed by atoms with Crippen LogP contribution in [0.1, 0.15) is 44.6 Å². The van der Waals surface area contributed by atoms with Gasteiger partial charge < -0.3 is 24.9 Å². The van der Waals surface area contributed by atoms with Gasteiger partial charge in [-0.1, -0.05) is 180 Å². The Morgan fingerprint density at radius 3 is 1.94 bits per heavy atom. The molecule has 2 unspecified atom stereocenters. The summed E-state index contributed by atoms with van der Waals surface area (Å²) in [6.45, 7) is 1.80. The summed E-state index contributed by atoms with van der Waals surface area (Å²) in [7, 11) is 1.32. The molecule has 2 aromatic heterocycles. The molecule has 9 rings (SSSR count). The van der Waals surface area contributed by atoms with Crippen molar-refractivity contribution in [2.45, 2.75) is 35.2 Å². The molecule has 0 saturated carbocycles. The van der Waals surface area contributed by atoms with E-state index in [0.29, 0.717) is 15.0 Å². The molecule has 0 aliphatic carbocycles. The number of ether oxygens (including phenoxy) is 2. The van der Waals surface area contributed by atoms with Crippen LogP contribution in [0, 0.1) is 6.92 Å². The number of fused-ring (bicyclic) bond motifs is 1. The van der Waals surface area contributed by atoms with Crippen LogP contribution in [-0.4, -0.2) is 69.6 Å². The molecular weight excluding hydrogens is 891 g/mol. The van der Waals surface area contributed by atoms with Crippen LogP contribution in [0.15, 0.2) is 189 Å². The van der Waals surface area contributed by atoms with E-state index >= 15 is 0 Å². The largest absolute Gasteiger partial charge is 0.448 e. The maximum atomic E-state index is 14.5. The monoisotopic (exact) mass is 931 g/mol. The minimum atomic E-state index is -1.18. The van der Waals surface area contributed by atoms with Crippen LogP contribution >= 0.6 is 34.4 Å². The highest BCUT2D eigenvalue weighted by Crippen LogP contribution is 2.41. The molecule has 66 heavy (non-hydrogen) atoms. The molecule has 0 radical (unpaired) electrons. The van der Waals surface area contributed by atoms with Crippen LogP contribution in [0.25, 0.3) is 0 Å². The second-order valence-corrected chi connectivity index (χ2v) is 18.2. The van der Waals surface area contributed by atoms with E-state index in [9.17, 15) is 14.4 Å². The number of esters is 1. The predicted octanol–water partition coefficient (Wildman–Crippen LogP) is 8.63. The summed E-state index contributed by atoms with van der Waals surface area (Å²) in [5.74, 6) is -2.05. The number of hydrogen-bond donors (Lipinski definition) is 2. The molecule has 2 aliphatic heterocycles. The van der Waals surface area contributed by atoms with E-state index in [-0.39, 0.29) is 23.7 Å². The van der Waals surface area contributed by atoms with E-state index in [1.165, 1.54) is 46.4 Å². The number of hydrogen-bond acceptors (Lipinski definition) is 14. The molecule has 2 atom stereocenters. The van der Waals surface area contributed by atoms with Crippen molar-refractivity contribution >= 4 is 63.1 Å². The SMILES string of the molecule is CO/N=C(/C(=O)NC1C(=O)N2C(C(=O)OC(c3ccccc3)c3ccccc3)=C(/C=C/Sc3nnc(C)s3)COC12)c1csc(NC(c2ccccc2)(c2ccccc2)c2ccccc2)n1. The highest BCUT2D eigenvalue weighted by atomic mass is 32.2. The quantitative estimate of drug-likeness (QED) is 0.0239. The molecule has 330 valence electrons. The summed E-state index contributed by atoms with van der Waals surface area (Å²) in [5, 5.41) is 23.6. The standard InChI is InChI=1S/C50H41N7O6S3/c1-32-54-55-49(66-32)64-29-28-35-30-62-46-41(45(59)57(46)42(35)47(60)63-43(33-18-8-3-9-19-33)34-20-10-4-11-21-34)52-44(58)40(56-61-2)39-31-65-48(51-39)53-50(36-22-12-5-13-23-36,37-24-14-6-15-25-37)38-26-16-7-17-27-38/h3-29,31,41,43,46H,30H2,1-2H3,(H,51,53)(H,52,58)/b29-28+,56-40+. The van der Waals surface area contributed by atoms with Crippen molar-refractivity contribution in [3.63, 3.8) is 0 Å². The number of oxime groups is 1. The van der Waals surface area contributed by atoms with Gasteiger partial charge in [-0.2, -0.15) is 0 Å². The summed E-state index contributed by atoms with van der Waals surface area (Å²) in [6.07, 6.45) is -0.119. The average molecular weight is 932 g/mol. The van der Waals surface area contributed by atoms with Crippen LogP contribution in [0.3, 0.4) is 0 Å². The van der Waals surface area contributed by atoms with Gasteiger partial charge in [0.25, 0.3) is 11.8 Å². The van der Waals surface area contributed by atoms with E-state index in [2.05, 4.69) is 62.4 Å². The zero-order chi connectivity index (χ0) is 45.5. The number of aryl methyl sites for hydroxylation is 1. The average Bonchev–Trinajstić information content (AvgIpc) is 4.02. The molecule has 2 amide bonds. The number of carbonyl (C=O) groups excluding carboxylic acids is 3. The number of thioether (sulfide) groups is 1. The predicted molar refractivity (Wildman–Crippen MR) is 254 cm³/mol. The van der Waals surface area contributed by atoms with Gasteiger partial charge in [-0.3, -0.25) is 14.5 Å². The third kappa shape index (κ3) is 9.03. The number of β-lactam (4-membered cyclic amide) rings is 1. The number of thiazole rings is 1. The third-order valence-corrected chi connectivity index (χ3v) is 13.4. The molecular formula is C50H41N7O6S3. The minimum absolute atomic E-state index is 0.00337. The molecule has 2 aliphatic rings. The number of carbonyl (C=O) groups is 3. The second kappa shape index (κ2) is 19.9. The fourth-order valence-corrected chi connectivity index (χ4v) is 10.2. The number of nitrogens with one attached hydrogen (secondary N) is 2. The van der Waals surface area contributed by atoms with E-state index in [4.69, 9.17) is 19.3 Å². The molecule has 5 aromatic carbocycles. The Morgan fingerprint density at radius 1 is 0.848 bits per heavy atom. The van der Waals surface area contributed by atoms with E-state index in [1.54, 1.807) is 16.9 Å². The van der Waals surface area contributed by atoms with Gasteiger partial charge in [-0.25, -0.2) is 9.78 Å². The van der Waals surface area contributed by atoms with Crippen LogP contribution in [-0.2, 0) is 34.2 Å². The maximum absolute atomic E-state index is 14.5. The first kappa shape index (κ1) is 44.0. The Hall–Kier alpha value is -7.24. The lowest BCUT2D eigenvalue weighted by Gasteiger charge is -2.49. The van der Waals surface area contributed by atoms with Crippen LogP contribution in [0.5, 0.6) is 0 Å². The van der Waals surface area contributed by atoms with Crippen molar-refractivity contribution in [1.82, 2.24) is 25.4 Å². The number of nitrogens with zero attached hydrogens (tertiary/aromatic N) is 5. The summed E-state index contributed by atoms with van der Waals surface area (Å²) in [4.78, 5) is 54.2. The van der Waals surface area contributed by atoms with E-state index in [1.807, 2.05) is 122 Å². The van der Waals surface area contributed by atoms with E-state index < -0.39 is 41.7 Å². The van der Waals surface area contributed by atoms with Crippen molar-refractivity contribution in [3.8, 4) is 0 Å². The highest BCUT2D eigenvalue weighted by molar-refractivity contribution is 8.03. The Morgan fingerprint density at radius 2 is 1.41 bits per heavy atom. The summed E-state index contributed by atoms with van der Waals surface area (Å²) in [5.41, 5.74) is 4.00. The highest BCUT2D eigenvalue weighted by Gasteiger charge is 2.55. The first-order chi connectivity index (χ1) is 32.3. The lowest BCUT2D eigenvalue weighted by atomic mass is 9.77. The smallest absolute Gasteiger partial charge is 0.356 e. The van der Waals surface area contributed by atoms with Crippen LogP contribution < -0.4 is 10.6 Å². The lowest BCUT2D eigenvalue weighted by molar-refractivity contribution is -0.185. The zero-order valence-electron chi connectivity index (χ0n) is 35.5. The number of benzene rings is 5. The third-order valence-electron chi connectivity index (χ3n) is 10.9. The maximum Gasteiger partial charge on any atom is 0.356 e. The van der Waals surface area contributed by atoms with E-state index in [0.717, 1.165) is 32.8 Å². The first-order valence-corrected chi connectivity index (χ1v) is 23.4. The van der Waals surface area contributed by atoms with Gasteiger partial charge in [0, 0.05) is 11.0 Å². The van der Waals surface area contributed by atoms with Gasteiger partial charge in [0.1, 0.15) is 29.0 Å². The van der Waals surface area contributed by atoms with Gasteiger partial charge in [-0.15, -0.1) is 21.5 Å². The van der Waals surface area contributed by atoms with Gasteiger partial charge in [-0.05, 0) is 46.2 Å². The fourth-order valence-electron chi connectivity index (χ4n) is 7.89. The number of rotatable bonds is 16. The zero-order valence-corrected chi connectivity index (χ0v) is 38.0. The summed E-state index contributed by atoms with van der Waals surface area (Å²) in [6, 6.07) is 47.8. The van der Waals surface area contributed by atoms with Gasteiger partial charge in [0.05, 0.1) is 6.61 Å². The first-order valence-electron chi connectivity index (χ1n) is 20.8. The summed E-state index contributed by atoms with van der Waals surface area (Å²) < 4.78 is 13.2. The number of aromatic nitrogens is 3. The van der Waals surface area contributed by atoms with Gasteiger partial charge >= 0.3 is 5.97 Å².